The predicted octanol–water partition coefficient (Wildman–Crippen LogP) is 0.796. The van der Waals surface area contributed by atoms with Crippen molar-refractivity contribution in [3.8, 4) is 0 Å². The lowest BCUT2D eigenvalue weighted by molar-refractivity contribution is -0.138. The number of rotatable bonds is 2. The summed E-state index contributed by atoms with van der Waals surface area (Å²) in [5, 5.41) is 8.10. The Morgan fingerprint density at radius 3 is 2.55 bits per heavy atom. The van der Waals surface area contributed by atoms with Gasteiger partial charge in [-0.25, -0.2) is 0 Å². The Bertz CT molecular complexity index is 143. The number of carboxylic acids is 1. The Hall–Kier alpha value is -0.220. The van der Waals surface area contributed by atoms with E-state index in [1.807, 2.05) is 0 Å². The first-order valence-electron chi connectivity index (χ1n) is 3.70. The van der Waals surface area contributed by atoms with Gasteiger partial charge in [-0.15, -0.1) is 0 Å². The second kappa shape index (κ2) is 3.97. The highest BCUT2D eigenvalue weighted by Crippen LogP contribution is 2.22. The number of carbonyl (C=O) groups is 1. The van der Waals surface area contributed by atoms with E-state index in [1.165, 1.54) is 0 Å². The molecular formula is C7H12O3S. The number of ether oxygens (including phenoxy) is 1. The van der Waals surface area contributed by atoms with Crippen molar-refractivity contribution in [1.82, 2.24) is 0 Å². The van der Waals surface area contributed by atoms with Gasteiger partial charge in [-0.3, -0.25) is 4.79 Å². The largest absolute Gasteiger partial charge is 0.480 e. The monoisotopic (exact) mass is 176 g/mol. The lowest BCUT2D eigenvalue weighted by Gasteiger charge is -2.24. The van der Waals surface area contributed by atoms with E-state index >= 15 is 0 Å². The maximum atomic E-state index is 10.5. The maximum Gasteiger partial charge on any atom is 0.316 e. The number of aliphatic carboxylic acids is 1. The van der Waals surface area contributed by atoms with E-state index in [-0.39, 0.29) is 5.92 Å². The molecule has 1 atom stereocenters. The molecule has 0 saturated carbocycles. The summed E-state index contributed by atoms with van der Waals surface area (Å²) in [4.78, 5) is 10.5. The van der Waals surface area contributed by atoms with Crippen LogP contribution in [-0.4, -0.2) is 29.5 Å². The first-order chi connectivity index (χ1) is 5.22. The van der Waals surface area contributed by atoms with E-state index in [2.05, 4.69) is 12.6 Å². The Morgan fingerprint density at radius 1 is 1.55 bits per heavy atom. The van der Waals surface area contributed by atoms with Crippen molar-refractivity contribution >= 4 is 18.6 Å². The summed E-state index contributed by atoms with van der Waals surface area (Å²) in [5.41, 5.74) is 0. The molecule has 0 amide bonds. The third-order valence-electron chi connectivity index (χ3n) is 1.97. The second-order valence-corrected chi connectivity index (χ2v) is 3.29. The van der Waals surface area contributed by atoms with Gasteiger partial charge in [0.05, 0.1) is 0 Å². The van der Waals surface area contributed by atoms with Gasteiger partial charge >= 0.3 is 5.97 Å². The summed E-state index contributed by atoms with van der Waals surface area (Å²) in [6.07, 6.45) is 1.64. The molecule has 1 unspecified atom stereocenters. The lowest BCUT2D eigenvalue weighted by Crippen LogP contribution is -2.29. The number of hydrogen-bond acceptors (Lipinski definition) is 3. The molecule has 0 aromatic heterocycles. The minimum atomic E-state index is -0.819. The molecule has 1 saturated heterocycles. The highest BCUT2D eigenvalue weighted by Gasteiger charge is 2.26. The maximum absolute atomic E-state index is 10.5. The standard InChI is InChI=1S/C7H12O3S/c8-7(9)6(11)5-1-3-10-4-2-5/h5-6,11H,1-4H2,(H,8,9). The molecule has 1 fully saturated rings. The van der Waals surface area contributed by atoms with Crippen LogP contribution in [0.3, 0.4) is 0 Å². The third-order valence-corrected chi connectivity index (χ3v) is 2.61. The fourth-order valence-corrected chi connectivity index (χ4v) is 1.53. The van der Waals surface area contributed by atoms with Crippen LogP contribution in [0.1, 0.15) is 12.8 Å². The molecule has 1 heterocycles. The third kappa shape index (κ3) is 2.38. The van der Waals surface area contributed by atoms with Crippen molar-refractivity contribution in [3.05, 3.63) is 0 Å². The summed E-state index contributed by atoms with van der Waals surface area (Å²) in [5.74, 6) is -0.634. The molecule has 0 spiro atoms. The minimum Gasteiger partial charge on any atom is -0.480 e. The van der Waals surface area contributed by atoms with Crippen LogP contribution < -0.4 is 0 Å². The Morgan fingerprint density at radius 2 is 2.09 bits per heavy atom. The van der Waals surface area contributed by atoms with E-state index in [9.17, 15) is 4.79 Å². The fourth-order valence-electron chi connectivity index (χ4n) is 1.23. The molecule has 3 nitrogen and oxygen atoms in total. The van der Waals surface area contributed by atoms with Crippen molar-refractivity contribution in [2.24, 2.45) is 5.92 Å². The number of thiol groups is 1. The molecule has 64 valence electrons. The average Bonchev–Trinajstić information content (AvgIpc) is 2.05. The van der Waals surface area contributed by atoms with Crippen molar-refractivity contribution in [2.75, 3.05) is 13.2 Å². The first kappa shape index (κ1) is 8.87. The second-order valence-electron chi connectivity index (χ2n) is 2.73. The van der Waals surface area contributed by atoms with E-state index in [1.54, 1.807) is 0 Å². The van der Waals surface area contributed by atoms with Gasteiger partial charge in [0.15, 0.2) is 0 Å². The lowest BCUT2D eigenvalue weighted by atomic mass is 9.96. The van der Waals surface area contributed by atoms with Crippen LogP contribution in [0.5, 0.6) is 0 Å². The van der Waals surface area contributed by atoms with E-state index < -0.39 is 11.2 Å². The first-order valence-corrected chi connectivity index (χ1v) is 4.22. The van der Waals surface area contributed by atoms with Gasteiger partial charge in [0.2, 0.25) is 0 Å². The molecule has 4 heteroatoms. The zero-order valence-electron chi connectivity index (χ0n) is 6.19. The molecule has 0 bridgehead atoms. The predicted molar refractivity (Wildman–Crippen MR) is 44.0 cm³/mol. The van der Waals surface area contributed by atoms with E-state index in [0.29, 0.717) is 13.2 Å². The zero-order chi connectivity index (χ0) is 8.27. The topological polar surface area (TPSA) is 46.5 Å². The van der Waals surface area contributed by atoms with Crippen LogP contribution in [0, 0.1) is 5.92 Å². The smallest absolute Gasteiger partial charge is 0.316 e. The van der Waals surface area contributed by atoms with E-state index in [4.69, 9.17) is 9.84 Å². The normalized spacial score (nSPS) is 23.0. The highest BCUT2D eigenvalue weighted by atomic mass is 32.1. The molecule has 1 aliphatic rings. The highest BCUT2D eigenvalue weighted by molar-refractivity contribution is 7.81. The SMILES string of the molecule is O=C(O)C(S)C1CCOCC1. The Kier molecular flexibility index (Phi) is 3.20. The van der Waals surface area contributed by atoms with Crippen LogP contribution in [0.15, 0.2) is 0 Å². The quantitative estimate of drug-likeness (QED) is 0.612. The van der Waals surface area contributed by atoms with Gasteiger partial charge in [0.1, 0.15) is 5.25 Å². The molecule has 1 rings (SSSR count). The van der Waals surface area contributed by atoms with Crippen LogP contribution in [-0.2, 0) is 9.53 Å². The van der Waals surface area contributed by atoms with Crippen molar-refractivity contribution in [1.29, 1.82) is 0 Å². The molecule has 0 aromatic rings. The van der Waals surface area contributed by atoms with Gasteiger partial charge in [0, 0.05) is 13.2 Å². The van der Waals surface area contributed by atoms with Crippen molar-refractivity contribution in [3.63, 3.8) is 0 Å². The van der Waals surface area contributed by atoms with Crippen LogP contribution >= 0.6 is 12.6 Å². The summed E-state index contributed by atoms with van der Waals surface area (Å²) in [6.45, 7) is 1.35. The number of hydrogen-bond donors (Lipinski definition) is 2. The molecule has 0 aliphatic carbocycles. The van der Waals surface area contributed by atoms with Crippen LogP contribution in [0.4, 0.5) is 0 Å². The summed E-state index contributed by atoms with van der Waals surface area (Å²) < 4.78 is 5.10. The molecular weight excluding hydrogens is 164 g/mol. The zero-order valence-corrected chi connectivity index (χ0v) is 7.09. The summed E-state index contributed by atoms with van der Waals surface area (Å²) in [6, 6.07) is 0. The molecule has 1 aliphatic heterocycles. The van der Waals surface area contributed by atoms with Gasteiger partial charge in [-0.2, -0.15) is 12.6 Å². The number of carboxylic acid groups (broad SMARTS) is 1. The molecule has 1 N–H and O–H groups in total. The molecule has 11 heavy (non-hydrogen) atoms. The van der Waals surface area contributed by atoms with Gasteiger partial charge in [-0.05, 0) is 18.8 Å². The summed E-state index contributed by atoms with van der Waals surface area (Å²) in [7, 11) is 0. The van der Waals surface area contributed by atoms with Gasteiger partial charge in [-0.1, -0.05) is 0 Å². The van der Waals surface area contributed by atoms with Gasteiger partial charge in [0.25, 0.3) is 0 Å². The summed E-state index contributed by atoms with van der Waals surface area (Å²) >= 11 is 4.01. The molecule has 0 aromatic carbocycles. The Labute approximate surface area is 71.1 Å². The molecule has 0 radical (unpaired) electrons. The minimum absolute atomic E-state index is 0.185. The van der Waals surface area contributed by atoms with Gasteiger partial charge < -0.3 is 9.84 Å². The van der Waals surface area contributed by atoms with Crippen LogP contribution in [0.25, 0.3) is 0 Å². The average molecular weight is 176 g/mol. The van der Waals surface area contributed by atoms with E-state index in [0.717, 1.165) is 12.8 Å². The van der Waals surface area contributed by atoms with Crippen molar-refractivity contribution < 1.29 is 14.6 Å². The van der Waals surface area contributed by atoms with Crippen molar-refractivity contribution in [2.45, 2.75) is 18.1 Å². The fraction of sp³-hybridized carbons (Fsp3) is 0.857. The van der Waals surface area contributed by atoms with Crippen LogP contribution in [0.2, 0.25) is 0 Å². The Balaban J connectivity index is 2.38.